The number of benzene rings is 1. The van der Waals surface area contributed by atoms with Gasteiger partial charge < -0.3 is 10.3 Å². The molecular formula is C15H21N3. The van der Waals surface area contributed by atoms with Crippen LogP contribution in [0.1, 0.15) is 39.4 Å². The van der Waals surface area contributed by atoms with Gasteiger partial charge in [-0.25, -0.2) is 4.98 Å². The number of anilines is 1. The standard InChI is InChI=1S/C15H21N3/c1-15(2,3)14-17-12-8-11(16)6-7-13(12)18(14)9-10-4-5-10/h6-8,10H,4-5,9,16H2,1-3H3. The zero-order valence-electron chi connectivity index (χ0n) is 11.4. The molecule has 2 N–H and O–H groups in total. The van der Waals surface area contributed by atoms with E-state index in [4.69, 9.17) is 10.7 Å². The maximum atomic E-state index is 5.86. The van der Waals surface area contributed by atoms with E-state index in [-0.39, 0.29) is 5.41 Å². The predicted octanol–water partition coefficient (Wildman–Crippen LogP) is 3.33. The van der Waals surface area contributed by atoms with Gasteiger partial charge in [0.15, 0.2) is 0 Å². The summed E-state index contributed by atoms with van der Waals surface area (Å²) in [7, 11) is 0. The molecule has 96 valence electrons. The molecular weight excluding hydrogens is 222 g/mol. The molecule has 18 heavy (non-hydrogen) atoms. The normalized spacial score (nSPS) is 16.4. The third kappa shape index (κ3) is 1.98. The van der Waals surface area contributed by atoms with Crippen molar-refractivity contribution in [1.82, 2.24) is 9.55 Å². The maximum Gasteiger partial charge on any atom is 0.115 e. The Balaban J connectivity index is 2.19. The second kappa shape index (κ2) is 3.74. The Morgan fingerprint density at radius 2 is 2.06 bits per heavy atom. The molecule has 0 amide bonds. The van der Waals surface area contributed by atoms with Crippen LogP contribution in [-0.4, -0.2) is 9.55 Å². The number of aromatic nitrogens is 2. The molecule has 0 radical (unpaired) electrons. The largest absolute Gasteiger partial charge is 0.399 e. The van der Waals surface area contributed by atoms with E-state index >= 15 is 0 Å². The lowest BCUT2D eigenvalue weighted by Crippen LogP contribution is -2.19. The fourth-order valence-corrected chi connectivity index (χ4v) is 2.46. The van der Waals surface area contributed by atoms with Crippen LogP contribution in [0, 0.1) is 5.92 Å². The lowest BCUT2D eigenvalue weighted by atomic mass is 9.95. The topological polar surface area (TPSA) is 43.8 Å². The average molecular weight is 243 g/mol. The molecule has 1 aromatic carbocycles. The number of nitrogens with zero attached hydrogens (tertiary/aromatic N) is 2. The highest BCUT2D eigenvalue weighted by molar-refractivity contribution is 5.80. The van der Waals surface area contributed by atoms with Crippen molar-refractivity contribution >= 4 is 16.7 Å². The minimum absolute atomic E-state index is 0.0721. The Morgan fingerprint density at radius 3 is 2.67 bits per heavy atom. The maximum absolute atomic E-state index is 5.86. The number of fused-ring (bicyclic) bond motifs is 1. The summed E-state index contributed by atoms with van der Waals surface area (Å²) in [5, 5.41) is 0. The van der Waals surface area contributed by atoms with Crippen molar-refractivity contribution in [3.05, 3.63) is 24.0 Å². The molecule has 2 aromatic rings. The van der Waals surface area contributed by atoms with Crippen LogP contribution in [0.25, 0.3) is 11.0 Å². The van der Waals surface area contributed by atoms with Crippen LogP contribution in [-0.2, 0) is 12.0 Å². The molecule has 3 rings (SSSR count). The highest BCUT2D eigenvalue weighted by atomic mass is 15.1. The zero-order chi connectivity index (χ0) is 12.9. The SMILES string of the molecule is CC(C)(C)c1nc2cc(N)ccc2n1CC1CC1. The monoisotopic (exact) mass is 243 g/mol. The number of nitrogen functional groups attached to an aromatic ring is 1. The molecule has 0 spiro atoms. The van der Waals surface area contributed by atoms with E-state index in [1.807, 2.05) is 12.1 Å². The van der Waals surface area contributed by atoms with Gasteiger partial charge >= 0.3 is 0 Å². The molecule has 0 aliphatic heterocycles. The highest BCUT2D eigenvalue weighted by Crippen LogP contribution is 2.35. The highest BCUT2D eigenvalue weighted by Gasteiger charge is 2.28. The Bertz CT molecular complexity index is 586. The second-order valence-electron chi connectivity index (χ2n) is 6.49. The van der Waals surface area contributed by atoms with E-state index in [1.165, 1.54) is 24.2 Å². The van der Waals surface area contributed by atoms with E-state index in [9.17, 15) is 0 Å². The fraction of sp³-hybridized carbons (Fsp3) is 0.533. The first kappa shape index (κ1) is 11.6. The molecule has 1 aliphatic carbocycles. The molecule has 0 unspecified atom stereocenters. The molecule has 3 heteroatoms. The number of imidazole rings is 1. The van der Waals surface area contributed by atoms with Gasteiger partial charge in [0.05, 0.1) is 11.0 Å². The summed E-state index contributed by atoms with van der Waals surface area (Å²) in [4.78, 5) is 4.81. The molecule has 3 nitrogen and oxygen atoms in total. The summed E-state index contributed by atoms with van der Waals surface area (Å²) >= 11 is 0. The quantitative estimate of drug-likeness (QED) is 0.822. The van der Waals surface area contributed by atoms with Gasteiger partial charge in [0, 0.05) is 17.6 Å². The van der Waals surface area contributed by atoms with E-state index in [2.05, 4.69) is 31.4 Å². The molecule has 1 fully saturated rings. The summed E-state index contributed by atoms with van der Waals surface area (Å²) in [5.74, 6) is 2.02. The predicted molar refractivity (Wildman–Crippen MR) is 75.6 cm³/mol. The van der Waals surface area contributed by atoms with Crippen molar-refractivity contribution < 1.29 is 0 Å². The molecule has 1 aliphatic rings. The zero-order valence-corrected chi connectivity index (χ0v) is 11.4. The van der Waals surface area contributed by atoms with Gasteiger partial charge in [-0.1, -0.05) is 20.8 Å². The van der Waals surface area contributed by atoms with Crippen molar-refractivity contribution in [1.29, 1.82) is 0 Å². The Morgan fingerprint density at radius 1 is 1.33 bits per heavy atom. The second-order valence-corrected chi connectivity index (χ2v) is 6.49. The fourth-order valence-electron chi connectivity index (χ4n) is 2.46. The van der Waals surface area contributed by atoms with Gasteiger partial charge in [-0.15, -0.1) is 0 Å². The van der Waals surface area contributed by atoms with Gasteiger partial charge in [-0.05, 0) is 37.0 Å². The first-order valence-electron chi connectivity index (χ1n) is 6.71. The van der Waals surface area contributed by atoms with Crippen LogP contribution in [0.3, 0.4) is 0 Å². The summed E-state index contributed by atoms with van der Waals surface area (Å²) in [5.41, 5.74) is 8.97. The summed E-state index contributed by atoms with van der Waals surface area (Å²) in [6.07, 6.45) is 2.72. The molecule has 1 aromatic heterocycles. The summed E-state index contributed by atoms with van der Waals surface area (Å²) < 4.78 is 2.40. The molecule has 0 atom stereocenters. The van der Waals surface area contributed by atoms with E-state index in [1.54, 1.807) is 0 Å². The van der Waals surface area contributed by atoms with Crippen LogP contribution >= 0.6 is 0 Å². The third-order valence-electron chi connectivity index (χ3n) is 3.58. The molecule has 1 heterocycles. The van der Waals surface area contributed by atoms with Crippen molar-refractivity contribution in [3.8, 4) is 0 Å². The molecule has 1 saturated carbocycles. The Kier molecular flexibility index (Phi) is 2.40. The third-order valence-corrected chi connectivity index (χ3v) is 3.58. The van der Waals surface area contributed by atoms with Crippen molar-refractivity contribution in [2.75, 3.05) is 5.73 Å². The lowest BCUT2D eigenvalue weighted by Gasteiger charge is -2.20. The summed E-state index contributed by atoms with van der Waals surface area (Å²) in [6.45, 7) is 7.77. The number of rotatable bonds is 2. The first-order chi connectivity index (χ1) is 8.45. The van der Waals surface area contributed by atoms with Gasteiger partial charge in [0.2, 0.25) is 0 Å². The van der Waals surface area contributed by atoms with Crippen molar-refractivity contribution in [2.45, 2.75) is 45.6 Å². The van der Waals surface area contributed by atoms with Gasteiger partial charge in [-0.2, -0.15) is 0 Å². The average Bonchev–Trinajstić information content (AvgIpc) is 2.99. The number of hydrogen-bond acceptors (Lipinski definition) is 2. The smallest absolute Gasteiger partial charge is 0.115 e. The molecule has 0 bridgehead atoms. The van der Waals surface area contributed by atoms with Gasteiger partial charge in [0.1, 0.15) is 5.82 Å². The van der Waals surface area contributed by atoms with Crippen molar-refractivity contribution in [3.63, 3.8) is 0 Å². The van der Waals surface area contributed by atoms with Gasteiger partial charge in [-0.3, -0.25) is 0 Å². The molecule has 0 saturated heterocycles. The Hall–Kier alpha value is -1.51. The minimum atomic E-state index is 0.0721. The van der Waals surface area contributed by atoms with E-state index in [0.29, 0.717) is 0 Å². The van der Waals surface area contributed by atoms with Crippen LogP contribution in [0.2, 0.25) is 0 Å². The Labute approximate surface area is 108 Å². The number of nitrogens with two attached hydrogens (primary N) is 1. The van der Waals surface area contributed by atoms with Gasteiger partial charge in [0.25, 0.3) is 0 Å². The van der Waals surface area contributed by atoms with E-state index in [0.717, 1.165) is 23.7 Å². The lowest BCUT2D eigenvalue weighted by molar-refractivity contribution is 0.491. The van der Waals surface area contributed by atoms with Crippen molar-refractivity contribution in [2.24, 2.45) is 5.92 Å². The minimum Gasteiger partial charge on any atom is -0.399 e. The van der Waals surface area contributed by atoms with Crippen LogP contribution in [0.15, 0.2) is 18.2 Å². The summed E-state index contributed by atoms with van der Waals surface area (Å²) in [6, 6.07) is 6.06. The van der Waals surface area contributed by atoms with Crippen LogP contribution in [0.4, 0.5) is 5.69 Å². The van der Waals surface area contributed by atoms with E-state index < -0.39 is 0 Å². The van der Waals surface area contributed by atoms with Crippen LogP contribution in [0.5, 0.6) is 0 Å². The number of hydrogen-bond donors (Lipinski definition) is 1. The first-order valence-corrected chi connectivity index (χ1v) is 6.71. The van der Waals surface area contributed by atoms with Crippen LogP contribution < -0.4 is 5.73 Å².